The number of hydrogen-bond donors (Lipinski definition) is 1. The molecule has 1 unspecified atom stereocenters. The monoisotopic (exact) mass is 417 g/mol. The molecule has 0 radical (unpaired) electrons. The lowest BCUT2D eigenvalue weighted by Gasteiger charge is -2.32. The lowest BCUT2D eigenvalue weighted by molar-refractivity contribution is -0.119. The number of benzene rings is 1. The van der Waals surface area contributed by atoms with Crippen LogP contribution in [0.4, 0.5) is 20.6 Å². The Balaban J connectivity index is 1.39. The molecule has 2 aliphatic rings. The van der Waals surface area contributed by atoms with Crippen molar-refractivity contribution in [1.29, 1.82) is 0 Å². The molecule has 2 amide bonds. The highest BCUT2D eigenvalue weighted by Crippen LogP contribution is 2.32. The number of amides is 2. The Morgan fingerprint density at radius 2 is 2.10 bits per heavy atom. The van der Waals surface area contributed by atoms with Gasteiger partial charge < -0.3 is 15.0 Å². The number of cyclic esters (lactones) is 1. The van der Waals surface area contributed by atoms with Gasteiger partial charge in [0.25, 0.3) is 0 Å². The summed E-state index contributed by atoms with van der Waals surface area (Å²) in [6.07, 6.45) is 0.624. The van der Waals surface area contributed by atoms with Gasteiger partial charge in [-0.25, -0.2) is 9.18 Å². The summed E-state index contributed by atoms with van der Waals surface area (Å²) in [5, 5.41) is 14.9. The molecule has 0 bridgehead atoms. The molecule has 10 nitrogen and oxygen atoms in total. The summed E-state index contributed by atoms with van der Waals surface area (Å²) in [7, 11) is 1.74. The molecule has 2 aromatic rings. The van der Waals surface area contributed by atoms with Gasteiger partial charge in [-0.2, -0.15) is 4.80 Å². The molecule has 160 valence electrons. The van der Waals surface area contributed by atoms with Gasteiger partial charge in [0.05, 0.1) is 31.5 Å². The summed E-state index contributed by atoms with van der Waals surface area (Å²) in [4.78, 5) is 28.0. The lowest BCUT2D eigenvalue weighted by atomic mass is 9.96. The molecule has 4 rings (SSSR count). The molecule has 1 aromatic heterocycles. The maximum absolute atomic E-state index is 14.9. The van der Waals surface area contributed by atoms with E-state index in [1.165, 1.54) is 22.7 Å². The third kappa shape index (κ3) is 4.19. The minimum absolute atomic E-state index is 0.196. The van der Waals surface area contributed by atoms with E-state index in [4.69, 9.17) is 4.74 Å². The summed E-state index contributed by atoms with van der Waals surface area (Å²) in [6, 6.07) is 4.77. The number of carbonyl (C=O) groups is 2. The van der Waals surface area contributed by atoms with Crippen molar-refractivity contribution in [2.24, 2.45) is 7.05 Å². The molecule has 1 atom stereocenters. The van der Waals surface area contributed by atoms with Crippen molar-refractivity contribution < 1.29 is 18.7 Å². The number of nitrogens with one attached hydrogen (secondary N) is 1. The van der Waals surface area contributed by atoms with Gasteiger partial charge in [0.2, 0.25) is 5.91 Å². The van der Waals surface area contributed by atoms with E-state index in [0.717, 1.165) is 18.7 Å². The summed E-state index contributed by atoms with van der Waals surface area (Å²) in [6.45, 7) is 3.25. The van der Waals surface area contributed by atoms with E-state index >= 15 is 0 Å². The molecule has 2 fully saturated rings. The van der Waals surface area contributed by atoms with E-state index in [1.54, 1.807) is 19.2 Å². The van der Waals surface area contributed by atoms with Crippen LogP contribution < -0.4 is 15.1 Å². The number of ether oxygens (including phenoxy) is 1. The van der Waals surface area contributed by atoms with Crippen LogP contribution in [-0.4, -0.2) is 64.5 Å². The Hall–Kier alpha value is -3.24. The van der Waals surface area contributed by atoms with E-state index in [-0.39, 0.29) is 30.7 Å². The zero-order valence-corrected chi connectivity index (χ0v) is 16.9. The van der Waals surface area contributed by atoms with Crippen molar-refractivity contribution in [3.05, 3.63) is 29.8 Å². The van der Waals surface area contributed by atoms with Gasteiger partial charge in [-0.05, 0) is 36.3 Å². The van der Waals surface area contributed by atoms with Gasteiger partial charge in [-0.15, -0.1) is 10.2 Å². The standard InChI is InChI=1S/C19H24FN7O3/c1-12(28)21-10-15-11-27(19(29)30-15)14-3-4-17(16(20)9-14)26-7-5-13(6-8-26)18-22-24-25(2)23-18/h3-4,9,13,15H,5-8,10-11H2,1-2H3,(H,21,28). The SMILES string of the molecule is CC(=O)NCC1CN(c2ccc(N3CCC(c4nnn(C)n4)CC3)c(F)c2)C(=O)O1. The van der Waals surface area contributed by atoms with Crippen LogP contribution in [0, 0.1) is 5.82 Å². The third-order valence-electron chi connectivity index (χ3n) is 5.42. The van der Waals surface area contributed by atoms with Crippen LogP contribution in [0.1, 0.15) is 31.5 Å². The predicted octanol–water partition coefficient (Wildman–Crippen LogP) is 1.19. The number of hydrogen-bond acceptors (Lipinski definition) is 7. The summed E-state index contributed by atoms with van der Waals surface area (Å²) in [5.41, 5.74) is 0.942. The second-order valence-corrected chi connectivity index (χ2v) is 7.59. The average Bonchev–Trinajstić information content (AvgIpc) is 3.32. The molecular formula is C19H24FN7O3. The van der Waals surface area contributed by atoms with E-state index in [2.05, 4.69) is 20.7 Å². The second-order valence-electron chi connectivity index (χ2n) is 7.59. The zero-order valence-electron chi connectivity index (χ0n) is 16.9. The zero-order chi connectivity index (χ0) is 21.3. The number of piperidine rings is 1. The molecule has 0 saturated carbocycles. The van der Waals surface area contributed by atoms with Crippen LogP contribution in [0.2, 0.25) is 0 Å². The van der Waals surface area contributed by atoms with Gasteiger partial charge in [0.15, 0.2) is 5.82 Å². The highest BCUT2D eigenvalue weighted by molar-refractivity contribution is 5.90. The van der Waals surface area contributed by atoms with Crippen molar-refractivity contribution in [2.75, 3.05) is 36.0 Å². The normalized spacial score (nSPS) is 19.8. The first-order valence-corrected chi connectivity index (χ1v) is 9.91. The smallest absolute Gasteiger partial charge is 0.414 e. The maximum Gasteiger partial charge on any atom is 0.414 e. The number of rotatable bonds is 5. The van der Waals surface area contributed by atoms with Crippen LogP contribution >= 0.6 is 0 Å². The van der Waals surface area contributed by atoms with E-state index < -0.39 is 12.2 Å². The first-order valence-electron chi connectivity index (χ1n) is 9.91. The Kier molecular flexibility index (Phi) is 5.51. The minimum Gasteiger partial charge on any atom is -0.442 e. The number of anilines is 2. The molecule has 3 heterocycles. The fourth-order valence-electron chi connectivity index (χ4n) is 3.86. The quantitative estimate of drug-likeness (QED) is 0.779. The van der Waals surface area contributed by atoms with Crippen LogP contribution in [0.3, 0.4) is 0 Å². The number of halogens is 1. The van der Waals surface area contributed by atoms with Gasteiger partial charge in [-0.1, -0.05) is 0 Å². The highest BCUT2D eigenvalue weighted by atomic mass is 19.1. The van der Waals surface area contributed by atoms with Crippen molar-refractivity contribution in [2.45, 2.75) is 31.8 Å². The molecule has 30 heavy (non-hydrogen) atoms. The first kappa shape index (κ1) is 20.0. The summed E-state index contributed by atoms with van der Waals surface area (Å²) in [5.74, 6) is 0.368. The van der Waals surface area contributed by atoms with Crippen LogP contribution in [-0.2, 0) is 16.6 Å². The number of tetrazole rings is 1. The van der Waals surface area contributed by atoms with Gasteiger partial charge in [0, 0.05) is 25.9 Å². The number of aryl methyl sites for hydroxylation is 1. The first-order chi connectivity index (χ1) is 14.4. The van der Waals surface area contributed by atoms with Crippen molar-refractivity contribution >= 4 is 23.4 Å². The average molecular weight is 417 g/mol. The third-order valence-corrected chi connectivity index (χ3v) is 5.42. The molecule has 1 N–H and O–H groups in total. The minimum atomic E-state index is -0.546. The number of nitrogens with zero attached hydrogens (tertiary/aromatic N) is 6. The Labute approximate surface area is 173 Å². The van der Waals surface area contributed by atoms with Gasteiger partial charge in [-0.3, -0.25) is 9.69 Å². The van der Waals surface area contributed by atoms with Crippen LogP contribution in [0.25, 0.3) is 0 Å². The molecule has 0 aliphatic carbocycles. The van der Waals surface area contributed by atoms with Crippen molar-refractivity contribution in [3.8, 4) is 0 Å². The lowest BCUT2D eigenvalue weighted by Crippen LogP contribution is -2.34. The molecule has 2 saturated heterocycles. The Bertz CT molecular complexity index is 942. The molecule has 1 aromatic carbocycles. The van der Waals surface area contributed by atoms with Crippen LogP contribution in [0.5, 0.6) is 0 Å². The van der Waals surface area contributed by atoms with E-state index in [9.17, 15) is 14.0 Å². The topological polar surface area (TPSA) is 105 Å². The molecule has 0 spiro atoms. The fourth-order valence-corrected chi connectivity index (χ4v) is 3.86. The maximum atomic E-state index is 14.9. The van der Waals surface area contributed by atoms with Gasteiger partial charge in [0.1, 0.15) is 11.9 Å². The highest BCUT2D eigenvalue weighted by Gasteiger charge is 2.33. The van der Waals surface area contributed by atoms with E-state index in [1.807, 2.05) is 4.90 Å². The second kappa shape index (κ2) is 8.25. The Morgan fingerprint density at radius 1 is 1.33 bits per heavy atom. The summed E-state index contributed by atoms with van der Waals surface area (Å²) < 4.78 is 20.1. The number of carbonyl (C=O) groups excluding carboxylic acids is 2. The predicted molar refractivity (Wildman–Crippen MR) is 106 cm³/mol. The molecule has 2 aliphatic heterocycles. The van der Waals surface area contributed by atoms with Crippen molar-refractivity contribution in [3.63, 3.8) is 0 Å². The summed E-state index contributed by atoms with van der Waals surface area (Å²) >= 11 is 0. The van der Waals surface area contributed by atoms with Crippen molar-refractivity contribution in [1.82, 2.24) is 25.5 Å². The largest absolute Gasteiger partial charge is 0.442 e. The van der Waals surface area contributed by atoms with E-state index in [0.29, 0.717) is 24.5 Å². The molecule has 11 heteroatoms. The number of aromatic nitrogens is 4. The van der Waals surface area contributed by atoms with Crippen LogP contribution in [0.15, 0.2) is 18.2 Å². The van der Waals surface area contributed by atoms with Gasteiger partial charge >= 0.3 is 6.09 Å². The Morgan fingerprint density at radius 3 is 2.73 bits per heavy atom. The fraction of sp³-hybridized carbons (Fsp3) is 0.526. The molecular weight excluding hydrogens is 393 g/mol.